The Labute approximate surface area is 524 Å². The van der Waals surface area contributed by atoms with Crippen LogP contribution >= 0.6 is 22.7 Å². The highest BCUT2D eigenvalue weighted by Crippen LogP contribution is 2.32. The Morgan fingerprint density at radius 2 is 1.07 bits per heavy atom. The molecule has 0 unspecified atom stereocenters. The number of hydrogen-bond acceptors (Lipinski definition) is 22. The number of nitrogen functional groups attached to an aromatic ring is 2. The summed E-state index contributed by atoms with van der Waals surface area (Å²) in [5.41, 5.74) is 27.5. The van der Waals surface area contributed by atoms with Crippen LogP contribution in [0.15, 0.2) is 167 Å². The molecule has 8 N–H and O–H groups in total. The lowest BCUT2D eigenvalue weighted by molar-refractivity contribution is 0.148. The molecule has 6 heterocycles. The topological polar surface area (TPSA) is 300 Å². The van der Waals surface area contributed by atoms with Crippen LogP contribution in [0.3, 0.4) is 0 Å². The average Bonchev–Trinajstić information content (AvgIpc) is 2.51. The van der Waals surface area contributed by atoms with Crippen LogP contribution in [0.2, 0.25) is 0 Å². The summed E-state index contributed by atoms with van der Waals surface area (Å²) < 4.78 is 30.2. The normalized spacial score (nSPS) is 11.3. The second kappa shape index (κ2) is 29.8. The molecule has 0 atom stereocenters. The van der Waals surface area contributed by atoms with E-state index in [4.69, 9.17) is 58.5 Å². The standard InChI is InChI=1S/C33H28N8O4S.C20H16N4O2S.C12H14N4O/c1-35-26(31-39-25-5-3-4-6-28(25)46-31)18-30-38-24-12-11-23(17-27(24)45-30)41(2)15-16-43-33(42)37-19-21-7-9-22(10-8-21)20-44-32-36-14-13-29(34)40-32;1-21-16(20-23-15-5-3-4-6-18(15)27-20)12-19-22-14-8-7-13(11-17(14)26-19)24(2)9-10-25;13-7-9-1-3-10(4-2-9)8-17-12-15-6-5-11(14)16-12/h3-14,17-18H,15-16,19-20H2,2H3,(H,37,42)(H2,34,36,40);3-8,11-12,25H,9-10H2,2H3;1-6H,7-8,13H2,(H2,14,15,16)/b26-18-;16-12-;. The molecule has 6 aromatic heterocycles. The van der Waals surface area contributed by atoms with Crippen LogP contribution in [-0.4, -0.2) is 91.5 Å². The number of likely N-dealkylation sites (N-methyl/N-ethyl adjacent to an activating group) is 2. The number of aliphatic hydroxyl groups is 1. The van der Waals surface area contributed by atoms with Gasteiger partial charge in [0.25, 0.3) is 0 Å². The molecule has 0 aliphatic heterocycles. The van der Waals surface area contributed by atoms with Gasteiger partial charge in [0.15, 0.2) is 11.2 Å². The van der Waals surface area contributed by atoms with Gasteiger partial charge in [0.2, 0.25) is 23.2 Å². The SMILES string of the molecule is NCc1ccc(COc2nccc(N)n2)cc1.[C-]#[N+]/C(=C\c1nc2ccc(N(C)CCO)cc2o1)c1nc2ccccc2s1.[C-]#[N+]/C(=C\c1nc2ccc(N(C)CCOC(=O)NCc3ccc(COc4nccc(N)n4)cc3)cc2o1)c1nc2ccccc2s1. The maximum absolute atomic E-state index is 12.3. The number of alkyl carbamates (subject to hydrolysis) is 1. The van der Waals surface area contributed by atoms with Crippen LogP contribution in [0.1, 0.15) is 44.1 Å². The molecule has 452 valence electrons. The molecule has 90 heavy (non-hydrogen) atoms. The first-order chi connectivity index (χ1) is 43.9. The molecule has 0 saturated carbocycles. The molecule has 12 rings (SSSR count). The summed E-state index contributed by atoms with van der Waals surface area (Å²) in [5, 5.41) is 13.1. The van der Waals surface area contributed by atoms with Crippen molar-refractivity contribution in [1.29, 1.82) is 0 Å². The Hall–Kier alpha value is -11.4. The molecule has 0 bridgehead atoms. The Morgan fingerprint density at radius 1 is 0.600 bits per heavy atom. The van der Waals surface area contributed by atoms with Crippen molar-refractivity contribution in [2.75, 3.05) is 61.7 Å². The molecular formula is C65H58N16O7S2. The summed E-state index contributed by atoms with van der Waals surface area (Å²) in [6.45, 7) is 18.0. The minimum absolute atomic E-state index is 0.0788. The van der Waals surface area contributed by atoms with Gasteiger partial charge >= 0.3 is 18.1 Å². The molecule has 23 nitrogen and oxygen atoms in total. The van der Waals surface area contributed by atoms with Gasteiger partial charge in [-0.3, -0.25) is 0 Å². The molecule has 0 aliphatic rings. The molecule has 0 spiro atoms. The Bertz CT molecular complexity index is 4510. The molecule has 25 heteroatoms. The van der Waals surface area contributed by atoms with Gasteiger partial charge in [-0.1, -0.05) is 72.8 Å². The van der Waals surface area contributed by atoms with Crippen molar-refractivity contribution in [2.45, 2.75) is 26.3 Å². The molecule has 12 aromatic rings. The van der Waals surface area contributed by atoms with Crippen LogP contribution < -0.4 is 41.8 Å². The highest BCUT2D eigenvalue weighted by Gasteiger charge is 2.16. The molecular weight excluding hydrogens is 1180 g/mol. The molecule has 0 saturated heterocycles. The van der Waals surface area contributed by atoms with E-state index < -0.39 is 6.09 Å². The zero-order chi connectivity index (χ0) is 62.8. The van der Waals surface area contributed by atoms with E-state index in [1.165, 1.54) is 28.9 Å². The lowest BCUT2D eigenvalue weighted by Crippen LogP contribution is -2.28. The van der Waals surface area contributed by atoms with Crippen molar-refractivity contribution >= 4 is 118 Å². The largest absolute Gasteiger partial charge is 0.459 e. The first kappa shape index (κ1) is 61.7. The number of nitrogens with two attached hydrogens (primary N) is 3. The Kier molecular flexibility index (Phi) is 20.5. The average molecular weight is 1240 g/mol. The van der Waals surface area contributed by atoms with Crippen LogP contribution in [0, 0.1) is 13.1 Å². The van der Waals surface area contributed by atoms with Gasteiger partial charge in [0.1, 0.15) is 52.5 Å². The predicted octanol–water partition coefficient (Wildman–Crippen LogP) is 11.5. The number of carbonyl (C=O) groups is 1. The number of fused-ring (bicyclic) bond motifs is 4. The van der Waals surface area contributed by atoms with Gasteiger partial charge in [0.05, 0.1) is 46.7 Å². The van der Waals surface area contributed by atoms with Crippen molar-refractivity contribution in [2.24, 2.45) is 5.73 Å². The predicted molar refractivity (Wildman–Crippen MR) is 350 cm³/mol. The van der Waals surface area contributed by atoms with Crippen molar-refractivity contribution in [3.05, 3.63) is 225 Å². The monoisotopic (exact) mass is 1240 g/mol. The number of para-hydroxylation sites is 2. The lowest BCUT2D eigenvalue weighted by Gasteiger charge is -2.19. The minimum atomic E-state index is -0.509. The number of anilines is 4. The van der Waals surface area contributed by atoms with Crippen LogP contribution in [0.4, 0.5) is 27.8 Å². The van der Waals surface area contributed by atoms with E-state index in [-0.39, 0.29) is 25.2 Å². The van der Waals surface area contributed by atoms with Crippen molar-refractivity contribution in [3.63, 3.8) is 0 Å². The van der Waals surface area contributed by atoms with E-state index in [0.29, 0.717) is 101 Å². The van der Waals surface area contributed by atoms with E-state index in [2.05, 4.69) is 54.9 Å². The number of aromatic nitrogens is 8. The highest BCUT2D eigenvalue weighted by atomic mass is 32.1. The number of nitrogens with zero attached hydrogens (tertiary/aromatic N) is 12. The number of carbonyl (C=O) groups excluding carboxylic acids is 1. The molecule has 1 amide bonds. The fourth-order valence-electron chi connectivity index (χ4n) is 8.52. The first-order valence-corrected chi connectivity index (χ1v) is 29.5. The second-order valence-corrected chi connectivity index (χ2v) is 21.7. The van der Waals surface area contributed by atoms with Crippen LogP contribution in [-0.2, 0) is 31.0 Å². The number of ether oxygens (including phenoxy) is 3. The van der Waals surface area contributed by atoms with E-state index in [1.54, 1.807) is 30.5 Å². The van der Waals surface area contributed by atoms with E-state index >= 15 is 0 Å². The quantitative estimate of drug-likeness (QED) is 0.0443. The van der Waals surface area contributed by atoms with Crippen LogP contribution in [0.25, 0.3) is 75.9 Å². The number of thiazole rings is 2. The van der Waals surface area contributed by atoms with Crippen LogP contribution in [0.5, 0.6) is 12.0 Å². The molecule has 0 aliphatic carbocycles. The van der Waals surface area contributed by atoms with E-state index in [0.717, 1.165) is 59.6 Å². The van der Waals surface area contributed by atoms with Gasteiger partial charge in [-0.2, -0.15) is 9.97 Å². The van der Waals surface area contributed by atoms with Crippen molar-refractivity contribution in [3.8, 4) is 12.0 Å². The zero-order valence-corrected chi connectivity index (χ0v) is 50.3. The second-order valence-electron chi connectivity index (χ2n) is 19.7. The maximum atomic E-state index is 12.3. The summed E-state index contributed by atoms with van der Waals surface area (Å²) in [6.07, 6.45) is 5.83. The van der Waals surface area contributed by atoms with Gasteiger partial charge in [-0.15, -0.1) is 22.7 Å². The fourth-order valence-corrected chi connectivity index (χ4v) is 10.4. The van der Waals surface area contributed by atoms with Gasteiger partial charge in [-0.25, -0.2) is 44.4 Å². The maximum Gasteiger partial charge on any atom is 0.407 e. The number of nitrogens with one attached hydrogen (secondary N) is 1. The number of oxazole rings is 2. The third kappa shape index (κ3) is 16.6. The Balaban J connectivity index is 0.000000169. The van der Waals surface area contributed by atoms with Crippen molar-refractivity contribution < 1.29 is 32.9 Å². The zero-order valence-electron chi connectivity index (χ0n) is 48.6. The smallest absolute Gasteiger partial charge is 0.407 e. The van der Waals surface area contributed by atoms with E-state index in [1.807, 2.05) is 157 Å². The number of rotatable bonds is 20. The summed E-state index contributed by atoms with van der Waals surface area (Å²) in [4.78, 5) is 57.4. The summed E-state index contributed by atoms with van der Waals surface area (Å²) in [6, 6.07) is 46.1. The summed E-state index contributed by atoms with van der Waals surface area (Å²) >= 11 is 2.93. The number of amides is 1. The summed E-state index contributed by atoms with van der Waals surface area (Å²) in [7, 11) is 3.80. The molecule has 0 radical (unpaired) electrons. The van der Waals surface area contributed by atoms with Gasteiger partial charge in [0, 0.05) is 81.8 Å². The third-order valence-electron chi connectivity index (χ3n) is 13.3. The van der Waals surface area contributed by atoms with E-state index in [9.17, 15) is 4.79 Å². The first-order valence-electron chi connectivity index (χ1n) is 27.8. The minimum Gasteiger partial charge on any atom is -0.459 e. The Morgan fingerprint density at radius 3 is 1.52 bits per heavy atom. The lowest BCUT2D eigenvalue weighted by atomic mass is 10.1. The molecule has 0 fully saturated rings. The van der Waals surface area contributed by atoms with Crippen molar-refractivity contribution in [1.82, 2.24) is 45.2 Å². The summed E-state index contributed by atoms with van der Waals surface area (Å²) in [5.74, 6) is 1.44. The number of aliphatic hydroxyl groups excluding tert-OH is 1. The third-order valence-corrected chi connectivity index (χ3v) is 15.4. The molecule has 6 aromatic carbocycles. The fraction of sp³-hybridized carbons (Fsp3) is 0.154. The highest BCUT2D eigenvalue weighted by molar-refractivity contribution is 7.20. The number of benzene rings is 6. The van der Waals surface area contributed by atoms with Gasteiger partial charge < -0.3 is 60.5 Å². The number of hydrogen-bond donors (Lipinski definition) is 5. The van der Waals surface area contributed by atoms with Gasteiger partial charge in [-0.05, 0) is 82.9 Å².